The van der Waals surface area contributed by atoms with Crippen LogP contribution in [0, 0.1) is 5.92 Å². The second kappa shape index (κ2) is 7.24. The number of hydrogen-bond donors (Lipinski definition) is 1. The highest BCUT2D eigenvalue weighted by Crippen LogP contribution is 2.10. The molecule has 2 heteroatoms. The van der Waals surface area contributed by atoms with Gasteiger partial charge in [0.25, 0.3) is 0 Å². The van der Waals surface area contributed by atoms with E-state index in [9.17, 15) is 0 Å². The average molecular weight is 200 g/mol. The third-order valence-corrected chi connectivity index (χ3v) is 3.53. The van der Waals surface area contributed by atoms with E-state index in [4.69, 9.17) is 0 Å². The highest BCUT2D eigenvalue weighted by Gasteiger charge is 2.17. The molecule has 0 bridgehead atoms. The lowest BCUT2D eigenvalue weighted by Gasteiger charge is -2.31. The van der Waals surface area contributed by atoms with Gasteiger partial charge in [-0.05, 0) is 33.4 Å². The molecule has 0 spiro atoms. The second-order valence-corrected chi connectivity index (χ2v) is 4.48. The van der Waals surface area contributed by atoms with Crippen LogP contribution in [0.1, 0.15) is 40.5 Å². The maximum absolute atomic E-state index is 3.42. The molecule has 0 aromatic heterocycles. The molecule has 0 rings (SSSR count). The van der Waals surface area contributed by atoms with Gasteiger partial charge in [0.05, 0.1) is 0 Å². The molecule has 0 aromatic carbocycles. The van der Waals surface area contributed by atoms with Gasteiger partial charge in [-0.2, -0.15) is 0 Å². The molecule has 86 valence electrons. The Morgan fingerprint density at radius 2 is 1.71 bits per heavy atom. The molecule has 0 saturated carbocycles. The zero-order valence-electron chi connectivity index (χ0n) is 10.8. The van der Waals surface area contributed by atoms with Crippen molar-refractivity contribution in [2.45, 2.75) is 52.6 Å². The number of rotatable bonds is 7. The van der Waals surface area contributed by atoms with Crippen molar-refractivity contribution in [1.82, 2.24) is 10.2 Å². The third kappa shape index (κ3) is 4.43. The van der Waals surface area contributed by atoms with Crippen molar-refractivity contribution in [2.75, 3.05) is 20.6 Å². The molecule has 14 heavy (non-hydrogen) atoms. The lowest BCUT2D eigenvalue weighted by Crippen LogP contribution is -2.44. The summed E-state index contributed by atoms with van der Waals surface area (Å²) in [6.45, 7) is 10.3. The zero-order valence-corrected chi connectivity index (χ0v) is 10.8. The van der Waals surface area contributed by atoms with E-state index in [1.54, 1.807) is 0 Å². The van der Waals surface area contributed by atoms with Crippen LogP contribution in [-0.4, -0.2) is 37.6 Å². The molecular formula is C12H28N2. The van der Waals surface area contributed by atoms with E-state index in [0.29, 0.717) is 12.1 Å². The normalized spacial score (nSPS) is 18.2. The van der Waals surface area contributed by atoms with E-state index in [1.165, 1.54) is 12.8 Å². The second-order valence-electron chi connectivity index (χ2n) is 4.48. The fourth-order valence-corrected chi connectivity index (χ4v) is 1.64. The topological polar surface area (TPSA) is 15.3 Å². The molecule has 0 aromatic rings. The minimum absolute atomic E-state index is 0.624. The minimum Gasteiger partial charge on any atom is -0.315 e. The van der Waals surface area contributed by atoms with Crippen molar-refractivity contribution in [3.8, 4) is 0 Å². The Hall–Kier alpha value is -0.0800. The number of nitrogens with zero attached hydrogens (tertiary/aromatic N) is 1. The highest BCUT2D eigenvalue weighted by molar-refractivity contribution is 4.76. The van der Waals surface area contributed by atoms with E-state index in [0.717, 1.165) is 12.5 Å². The van der Waals surface area contributed by atoms with Crippen LogP contribution in [0.5, 0.6) is 0 Å². The predicted octanol–water partition coefficient (Wildman–Crippen LogP) is 2.35. The lowest BCUT2D eigenvalue weighted by molar-refractivity contribution is 0.201. The zero-order chi connectivity index (χ0) is 11.1. The molecule has 0 radical (unpaired) electrons. The standard InChI is InChI=1S/C12H28N2/c1-7-10(3)12(13-5)9-14(6)11(4)8-2/h10-13H,7-9H2,1-6H3. The maximum Gasteiger partial charge on any atom is 0.0217 e. The minimum atomic E-state index is 0.624. The van der Waals surface area contributed by atoms with Crippen LogP contribution in [0.15, 0.2) is 0 Å². The van der Waals surface area contributed by atoms with Crippen molar-refractivity contribution >= 4 is 0 Å². The quantitative estimate of drug-likeness (QED) is 0.678. The molecular weight excluding hydrogens is 172 g/mol. The first-order valence-electron chi connectivity index (χ1n) is 5.94. The Balaban J connectivity index is 4.03. The lowest BCUT2D eigenvalue weighted by atomic mass is 9.98. The summed E-state index contributed by atoms with van der Waals surface area (Å²) in [6, 6.07) is 1.31. The molecule has 0 amide bonds. The summed E-state index contributed by atoms with van der Waals surface area (Å²) in [6.07, 6.45) is 2.48. The first kappa shape index (κ1) is 13.9. The number of likely N-dealkylation sites (N-methyl/N-ethyl adjacent to an activating group) is 2. The summed E-state index contributed by atoms with van der Waals surface area (Å²) in [7, 11) is 4.29. The molecule has 2 nitrogen and oxygen atoms in total. The largest absolute Gasteiger partial charge is 0.315 e. The van der Waals surface area contributed by atoms with Gasteiger partial charge in [0.1, 0.15) is 0 Å². The number of hydrogen-bond acceptors (Lipinski definition) is 2. The first-order valence-corrected chi connectivity index (χ1v) is 5.94. The van der Waals surface area contributed by atoms with Crippen LogP contribution in [0.3, 0.4) is 0 Å². The van der Waals surface area contributed by atoms with Crippen LogP contribution >= 0.6 is 0 Å². The van der Waals surface area contributed by atoms with Gasteiger partial charge in [-0.25, -0.2) is 0 Å². The summed E-state index contributed by atoms with van der Waals surface area (Å²) in [5.41, 5.74) is 0. The third-order valence-electron chi connectivity index (χ3n) is 3.53. The maximum atomic E-state index is 3.42. The van der Waals surface area contributed by atoms with Crippen LogP contribution in [0.25, 0.3) is 0 Å². The van der Waals surface area contributed by atoms with Crippen molar-refractivity contribution in [1.29, 1.82) is 0 Å². The Kier molecular flexibility index (Phi) is 7.20. The molecule has 3 unspecified atom stereocenters. The van der Waals surface area contributed by atoms with Crippen molar-refractivity contribution in [3.05, 3.63) is 0 Å². The van der Waals surface area contributed by atoms with E-state index < -0.39 is 0 Å². The van der Waals surface area contributed by atoms with Crippen LogP contribution < -0.4 is 5.32 Å². The predicted molar refractivity (Wildman–Crippen MR) is 64.7 cm³/mol. The van der Waals surface area contributed by atoms with Crippen molar-refractivity contribution in [2.24, 2.45) is 5.92 Å². The molecule has 1 N–H and O–H groups in total. The molecule has 0 fully saturated rings. The molecule has 0 heterocycles. The summed E-state index contributed by atoms with van der Waals surface area (Å²) < 4.78 is 0. The highest BCUT2D eigenvalue weighted by atomic mass is 15.1. The number of nitrogens with one attached hydrogen (secondary N) is 1. The van der Waals surface area contributed by atoms with Gasteiger partial charge < -0.3 is 10.2 Å². The fraction of sp³-hybridized carbons (Fsp3) is 1.00. The van der Waals surface area contributed by atoms with Crippen LogP contribution in [0.2, 0.25) is 0 Å². The monoisotopic (exact) mass is 200 g/mol. The van der Waals surface area contributed by atoms with Gasteiger partial charge in [-0.3, -0.25) is 0 Å². The Morgan fingerprint density at radius 1 is 1.14 bits per heavy atom. The Bertz CT molecular complexity index is 136. The van der Waals surface area contributed by atoms with Gasteiger partial charge in [0.2, 0.25) is 0 Å². The average Bonchev–Trinajstić information content (AvgIpc) is 2.22. The Labute approximate surface area is 90.1 Å². The first-order chi connectivity index (χ1) is 6.56. The summed E-state index contributed by atoms with van der Waals surface area (Å²) in [4.78, 5) is 2.45. The molecule has 0 aliphatic carbocycles. The van der Waals surface area contributed by atoms with E-state index in [2.05, 4.69) is 52.0 Å². The molecule has 0 saturated heterocycles. The van der Waals surface area contributed by atoms with Gasteiger partial charge in [0.15, 0.2) is 0 Å². The van der Waals surface area contributed by atoms with Gasteiger partial charge >= 0.3 is 0 Å². The fourth-order valence-electron chi connectivity index (χ4n) is 1.64. The van der Waals surface area contributed by atoms with Crippen LogP contribution in [0.4, 0.5) is 0 Å². The molecule has 0 aliphatic heterocycles. The van der Waals surface area contributed by atoms with Gasteiger partial charge in [0, 0.05) is 18.6 Å². The van der Waals surface area contributed by atoms with Crippen molar-refractivity contribution in [3.63, 3.8) is 0 Å². The van der Waals surface area contributed by atoms with E-state index >= 15 is 0 Å². The Morgan fingerprint density at radius 3 is 2.07 bits per heavy atom. The molecule has 3 atom stereocenters. The SMILES string of the molecule is CCC(C)C(CN(C)C(C)CC)NC. The molecule has 0 aliphatic rings. The smallest absolute Gasteiger partial charge is 0.0217 e. The summed E-state index contributed by atoms with van der Waals surface area (Å²) in [5, 5.41) is 3.42. The van der Waals surface area contributed by atoms with Gasteiger partial charge in [-0.15, -0.1) is 0 Å². The van der Waals surface area contributed by atoms with Crippen LogP contribution in [-0.2, 0) is 0 Å². The van der Waals surface area contributed by atoms with Gasteiger partial charge in [-0.1, -0.05) is 27.2 Å². The van der Waals surface area contributed by atoms with Crippen molar-refractivity contribution < 1.29 is 0 Å². The summed E-state index contributed by atoms with van der Waals surface area (Å²) >= 11 is 0. The van der Waals surface area contributed by atoms with E-state index in [1.807, 2.05) is 0 Å². The summed E-state index contributed by atoms with van der Waals surface area (Å²) in [5.74, 6) is 0.756. The van der Waals surface area contributed by atoms with E-state index in [-0.39, 0.29) is 0 Å².